The molecule has 94 valence electrons. The smallest absolute Gasteiger partial charge is 0.393 e. The van der Waals surface area contributed by atoms with Crippen LogP contribution in [0.4, 0.5) is 0 Å². The van der Waals surface area contributed by atoms with E-state index in [-0.39, 0.29) is 5.89 Å². The minimum Gasteiger partial charge on any atom is -0.474 e. The van der Waals surface area contributed by atoms with Gasteiger partial charge in [0.05, 0.1) is 0 Å². The fraction of sp³-hybridized carbons (Fsp3) is 0.308. The van der Waals surface area contributed by atoms with Gasteiger partial charge >= 0.3 is 11.9 Å². The van der Waals surface area contributed by atoms with Crippen molar-refractivity contribution >= 4 is 5.97 Å². The molecule has 0 unspecified atom stereocenters. The minimum atomic E-state index is -1.19. The molecule has 5 heteroatoms. The molecule has 0 fully saturated rings. The number of carbonyl (C=O) groups is 1. The lowest BCUT2D eigenvalue weighted by Crippen LogP contribution is -1.95. The maximum absolute atomic E-state index is 10.6. The summed E-state index contributed by atoms with van der Waals surface area (Å²) in [6.45, 7) is 2.11. The van der Waals surface area contributed by atoms with Crippen molar-refractivity contribution in [3.8, 4) is 0 Å². The molecule has 5 nitrogen and oxygen atoms in total. The Labute approximate surface area is 104 Å². The Morgan fingerprint density at radius 1 is 1.17 bits per heavy atom. The Bertz CT molecular complexity index is 531. The molecule has 0 amide bonds. The number of carboxylic acid groups (broad SMARTS) is 1. The highest BCUT2D eigenvalue weighted by Crippen LogP contribution is 2.09. The van der Waals surface area contributed by atoms with Gasteiger partial charge in [0.1, 0.15) is 0 Å². The Hall–Kier alpha value is -2.17. The van der Waals surface area contributed by atoms with Gasteiger partial charge in [0.15, 0.2) is 0 Å². The highest BCUT2D eigenvalue weighted by molar-refractivity contribution is 5.81. The number of benzene rings is 1. The standard InChI is InChI=1S/C13H14N2O3/c1-2-9-3-5-10(6-4-9)7-8-11-14-15-12(18-11)13(16)17/h3-6H,2,7-8H2,1H3,(H,16,17). The van der Waals surface area contributed by atoms with E-state index in [1.165, 1.54) is 11.1 Å². The van der Waals surface area contributed by atoms with Crippen LogP contribution in [0.1, 0.15) is 34.6 Å². The summed E-state index contributed by atoms with van der Waals surface area (Å²) in [5.74, 6) is -1.20. The molecule has 0 saturated carbocycles. The van der Waals surface area contributed by atoms with Crippen LogP contribution in [0.5, 0.6) is 0 Å². The number of rotatable bonds is 5. The summed E-state index contributed by atoms with van der Waals surface area (Å²) in [5, 5.41) is 15.8. The van der Waals surface area contributed by atoms with Crippen LogP contribution in [-0.2, 0) is 19.3 Å². The van der Waals surface area contributed by atoms with E-state index in [1.54, 1.807) is 0 Å². The van der Waals surface area contributed by atoms with Gasteiger partial charge in [0.2, 0.25) is 5.89 Å². The maximum atomic E-state index is 10.6. The van der Waals surface area contributed by atoms with Crippen molar-refractivity contribution < 1.29 is 14.3 Å². The van der Waals surface area contributed by atoms with Crippen molar-refractivity contribution in [2.75, 3.05) is 0 Å². The van der Waals surface area contributed by atoms with Crippen LogP contribution in [0.3, 0.4) is 0 Å². The average Bonchev–Trinajstić information content (AvgIpc) is 2.86. The van der Waals surface area contributed by atoms with E-state index in [9.17, 15) is 4.79 Å². The van der Waals surface area contributed by atoms with Gasteiger partial charge in [-0.3, -0.25) is 0 Å². The molecule has 0 bridgehead atoms. The summed E-state index contributed by atoms with van der Waals surface area (Å²) in [5.41, 5.74) is 2.46. The molecule has 1 aromatic heterocycles. The SMILES string of the molecule is CCc1ccc(CCc2nnc(C(=O)O)o2)cc1. The summed E-state index contributed by atoms with van der Waals surface area (Å²) in [6, 6.07) is 8.30. The summed E-state index contributed by atoms with van der Waals surface area (Å²) < 4.78 is 4.99. The predicted octanol–water partition coefficient (Wildman–Crippen LogP) is 2.12. The number of aromatic carboxylic acids is 1. The zero-order valence-corrected chi connectivity index (χ0v) is 10.1. The normalized spacial score (nSPS) is 10.5. The van der Waals surface area contributed by atoms with E-state index in [4.69, 9.17) is 9.52 Å². The van der Waals surface area contributed by atoms with E-state index in [0.717, 1.165) is 12.8 Å². The lowest BCUT2D eigenvalue weighted by atomic mass is 10.1. The minimum absolute atomic E-state index is 0.354. The summed E-state index contributed by atoms with van der Waals surface area (Å²) in [4.78, 5) is 10.6. The van der Waals surface area contributed by atoms with Gasteiger partial charge in [-0.25, -0.2) is 4.79 Å². The van der Waals surface area contributed by atoms with Crippen LogP contribution in [0.15, 0.2) is 28.7 Å². The fourth-order valence-electron chi connectivity index (χ4n) is 1.63. The number of aryl methyl sites for hydroxylation is 3. The van der Waals surface area contributed by atoms with Gasteiger partial charge < -0.3 is 9.52 Å². The van der Waals surface area contributed by atoms with Crippen LogP contribution in [-0.4, -0.2) is 21.3 Å². The van der Waals surface area contributed by atoms with Gasteiger partial charge in [0.25, 0.3) is 0 Å². The Kier molecular flexibility index (Phi) is 3.72. The zero-order valence-electron chi connectivity index (χ0n) is 10.1. The molecular weight excluding hydrogens is 232 g/mol. The first-order chi connectivity index (χ1) is 8.69. The second-order valence-electron chi connectivity index (χ2n) is 3.98. The maximum Gasteiger partial charge on any atom is 0.393 e. The summed E-state index contributed by atoms with van der Waals surface area (Å²) in [7, 11) is 0. The van der Waals surface area contributed by atoms with E-state index in [1.807, 2.05) is 0 Å². The molecule has 0 aliphatic rings. The lowest BCUT2D eigenvalue weighted by Gasteiger charge is -2.00. The fourth-order valence-corrected chi connectivity index (χ4v) is 1.63. The van der Waals surface area contributed by atoms with Crippen LogP contribution in [0, 0.1) is 0 Å². The van der Waals surface area contributed by atoms with Gasteiger partial charge in [0, 0.05) is 6.42 Å². The van der Waals surface area contributed by atoms with Crippen LogP contribution >= 0.6 is 0 Å². The van der Waals surface area contributed by atoms with Gasteiger partial charge in [-0.15, -0.1) is 10.2 Å². The molecular formula is C13H14N2O3. The Balaban J connectivity index is 1.95. The van der Waals surface area contributed by atoms with E-state index in [2.05, 4.69) is 41.4 Å². The Morgan fingerprint density at radius 2 is 1.83 bits per heavy atom. The van der Waals surface area contributed by atoms with Crippen molar-refractivity contribution in [2.45, 2.75) is 26.2 Å². The van der Waals surface area contributed by atoms with Crippen LogP contribution in [0.2, 0.25) is 0 Å². The quantitative estimate of drug-likeness (QED) is 0.874. The molecule has 2 rings (SSSR count). The van der Waals surface area contributed by atoms with Crippen molar-refractivity contribution in [1.29, 1.82) is 0 Å². The third kappa shape index (κ3) is 2.94. The molecule has 0 radical (unpaired) electrons. The first-order valence-corrected chi connectivity index (χ1v) is 5.82. The summed E-state index contributed by atoms with van der Waals surface area (Å²) in [6.07, 6.45) is 2.32. The Morgan fingerprint density at radius 3 is 2.39 bits per heavy atom. The molecule has 2 aromatic rings. The second kappa shape index (κ2) is 5.44. The molecule has 0 spiro atoms. The number of hydrogen-bond acceptors (Lipinski definition) is 4. The topological polar surface area (TPSA) is 76.2 Å². The largest absolute Gasteiger partial charge is 0.474 e. The van der Waals surface area contributed by atoms with Gasteiger partial charge in [-0.2, -0.15) is 0 Å². The zero-order chi connectivity index (χ0) is 13.0. The van der Waals surface area contributed by atoms with Crippen molar-refractivity contribution in [1.82, 2.24) is 10.2 Å². The molecule has 18 heavy (non-hydrogen) atoms. The number of carboxylic acids is 1. The monoisotopic (exact) mass is 246 g/mol. The molecule has 1 N–H and O–H groups in total. The van der Waals surface area contributed by atoms with Gasteiger partial charge in [-0.05, 0) is 24.0 Å². The first-order valence-electron chi connectivity index (χ1n) is 5.82. The predicted molar refractivity (Wildman–Crippen MR) is 64.5 cm³/mol. The molecule has 1 aromatic carbocycles. The highest BCUT2D eigenvalue weighted by atomic mass is 16.4. The molecule has 0 aliphatic carbocycles. The van der Waals surface area contributed by atoms with Crippen molar-refractivity contribution in [3.05, 3.63) is 47.2 Å². The van der Waals surface area contributed by atoms with Crippen LogP contribution < -0.4 is 0 Å². The third-order valence-corrected chi connectivity index (χ3v) is 2.71. The molecule has 1 heterocycles. The van der Waals surface area contributed by atoms with E-state index < -0.39 is 5.97 Å². The van der Waals surface area contributed by atoms with E-state index >= 15 is 0 Å². The van der Waals surface area contributed by atoms with Crippen LogP contribution in [0.25, 0.3) is 0 Å². The molecule has 0 atom stereocenters. The average molecular weight is 246 g/mol. The lowest BCUT2D eigenvalue weighted by molar-refractivity contribution is 0.0651. The highest BCUT2D eigenvalue weighted by Gasteiger charge is 2.12. The second-order valence-corrected chi connectivity index (χ2v) is 3.98. The van der Waals surface area contributed by atoms with Crippen molar-refractivity contribution in [2.24, 2.45) is 0 Å². The third-order valence-electron chi connectivity index (χ3n) is 2.71. The van der Waals surface area contributed by atoms with Gasteiger partial charge in [-0.1, -0.05) is 31.2 Å². The number of nitrogens with zero attached hydrogens (tertiary/aromatic N) is 2. The number of hydrogen-bond donors (Lipinski definition) is 1. The summed E-state index contributed by atoms with van der Waals surface area (Å²) >= 11 is 0. The first kappa shape index (κ1) is 12.3. The van der Waals surface area contributed by atoms with Crippen molar-refractivity contribution in [3.63, 3.8) is 0 Å². The number of aromatic nitrogens is 2. The van der Waals surface area contributed by atoms with E-state index in [0.29, 0.717) is 12.3 Å². The molecule has 0 aliphatic heterocycles. The molecule has 0 saturated heterocycles.